The number of nitrogens with zero attached hydrogens (tertiary/aromatic N) is 3. The average molecular weight is 452 g/mol. The largest absolute Gasteiger partial charge is 0.416 e. The molecule has 2 aliphatic rings. The molecule has 0 saturated heterocycles. The van der Waals surface area contributed by atoms with Crippen LogP contribution in [0.4, 0.5) is 18.0 Å². The van der Waals surface area contributed by atoms with E-state index in [0.717, 1.165) is 18.9 Å². The van der Waals surface area contributed by atoms with Gasteiger partial charge in [0.2, 0.25) is 5.91 Å². The molecule has 7 nitrogen and oxygen atoms in total. The third-order valence-electron chi connectivity index (χ3n) is 5.68. The Morgan fingerprint density at radius 1 is 1.16 bits per heavy atom. The maximum atomic E-state index is 13.6. The normalized spacial score (nSPS) is 18.8. The molecular weight excluding hydrogens is 425 g/mol. The fourth-order valence-electron chi connectivity index (χ4n) is 4.16. The van der Waals surface area contributed by atoms with Gasteiger partial charge in [0, 0.05) is 20.1 Å². The third kappa shape index (κ3) is 4.44. The Morgan fingerprint density at radius 2 is 1.78 bits per heavy atom. The molecule has 0 radical (unpaired) electrons. The van der Waals surface area contributed by atoms with Crippen molar-refractivity contribution in [1.29, 1.82) is 0 Å². The van der Waals surface area contributed by atoms with E-state index in [-0.39, 0.29) is 30.1 Å². The van der Waals surface area contributed by atoms with E-state index < -0.39 is 29.7 Å². The van der Waals surface area contributed by atoms with Gasteiger partial charge in [0.15, 0.2) is 0 Å². The molecular formula is C22H27F3N4O3. The Kier molecular flexibility index (Phi) is 6.80. The van der Waals surface area contributed by atoms with Crippen LogP contribution in [-0.2, 0) is 15.8 Å². The van der Waals surface area contributed by atoms with Gasteiger partial charge in [-0.1, -0.05) is 32.0 Å². The molecule has 0 fully saturated rings. The smallest absolute Gasteiger partial charge is 0.341 e. The number of hydrogen-bond donors (Lipinski definition) is 1. The van der Waals surface area contributed by atoms with Crippen molar-refractivity contribution >= 4 is 17.8 Å². The summed E-state index contributed by atoms with van der Waals surface area (Å²) < 4.78 is 40.8. The molecule has 10 heteroatoms. The van der Waals surface area contributed by atoms with Gasteiger partial charge in [0.25, 0.3) is 5.91 Å². The van der Waals surface area contributed by atoms with Crippen molar-refractivity contribution in [2.45, 2.75) is 38.9 Å². The molecule has 174 valence electrons. The minimum Gasteiger partial charge on any atom is -0.341 e. The maximum absolute atomic E-state index is 13.6. The summed E-state index contributed by atoms with van der Waals surface area (Å²) in [6.07, 6.45) is -3.11. The zero-order valence-corrected chi connectivity index (χ0v) is 18.3. The number of amides is 4. The standard InChI is InChI=1S/C22H27F3N4O3/c1-4-10-28(11-5-2)17(30)13-29-12-16-18(20(29)31)19(26-21(32)27(16)3)14-8-6-7-9-15(14)22(23,24)25/h6-9,19H,4-5,10-13H2,1-3H3,(H,26,32). The summed E-state index contributed by atoms with van der Waals surface area (Å²) in [7, 11) is 1.45. The van der Waals surface area contributed by atoms with Crippen molar-refractivity contribution in [2.24, 2.45) is 0 Å². The fourth-order valence-corrected chi connectivity index (χ4v) is 4.16. The van der Waals surface area contributed by atoms with Crippen LogP contribution in [0.3, 0.4) is 0 Å². The van der Waals surface area contributed by atoms with E-state index >= 15 is 0 Å². The second kappa shape index (κ2) is 9.22. The number of halogens is 3. The van der Waals surface area contributed by atoms with Crippen LogP contribution in [0.1, 0.15) is 43.9 Å². The first kappa shape index (κ1) is 23.6. The molecule has 0 spiro atoms. The molecule has 1 unspecified atom stereocenters. The predicted octanol–water partition coefficient (Wildman–Crippen LogP) is 3.15. The van der Waals surface area contributed by atoms with Gasteiger partial charge in [-0.2, -0.15) is 13.2 Å². The fraction of sp³-hybridized carbons (Fsp3) is 0.500. The lowest BCUT2D eigenvalue weighted by molar-refractivity contribution is -0.138. The molecule has 3 rings (SSSR count). The minimum absolute atomic E-state index is 0.0133. The molecule has 1 aromatic carbocycles. The number of carbonyl (C=O) groups excluding carboxylic acids is 3. The monoisotopic (exact) mass is 452 g/mol. The lowest BCUT2D eigenvalue weighted by Gasteiger charge is -2.32. The Balaban J connectivity index is 1.94. The van der Waals surface area contributed by atoms with Crippen LogP contribution >= 0.6 is 0 Å². The molecule has 0 aromatic heterocycles. The summed E-state index contributed by atoms with van der Waals surface area (Å²) in [4.78, 5) is 42.7. The van der Waals surface area contributed by atoms with Crippen LogP contribution in [0.15, 0.2) is 35.5 Å². The van der Waals surface area contributed by atoms with Crippen molar-refractivity contribution in [2.75, 3.05) is 33.2 Å². The van der Waals surface area contributed by atoms with Gasteiger partial charge in [-0.25, -0.2) is 4.79 Å². The Labute approximate surface area is 184 Å². The summed E-state index contributed by atoms with van der Waals surface area (Å²) in [6.45, 7) is 4.81. The van der Waals surface area contributed by atoms with E-state index in [9.17, 15) is 27.6 Å². The van der Waals surface area contributed by atoms with Crippen LogP contribution in [-0.4, -0.2) is 65.8 Å². The second-order valence-electron chi connectivity index (χ2n) is 7.93. The van der Waals surface area contributed by atoms with E-state index in [1.54, 1.807) is 4.90 Å². The van der Waals surface area contributed by atoms with Gasteiger partial charge in [-0.3, -0.25) is 14.5 Å². The number of rotatable bonds is 7. The van der Waals surface area contributed by atoms with E-state index in [2.05, 4.69) is 5.32 Å². The Bertz CT molecular complexity index is 939. The van der Waals surface area contributed by atoms with Crippen LogP contribution < -0.4 is 5.32 Å². The van der Waals surface area contributed by atoms with Crippen molar-refractivity contribution in [3.8, 4) is 0 Å². The van der Waals surface area contributed by atoms with Gasteiger partial charge in [-0.15, -0.1) is 0 Å². The molecule has 4 amide bonds. The first-order chi connectivity index (χ1) is 15.1. The molecule has 1 atom stereocenters. The third-order valence-corrected chi connectivity index (χ3v) is 5.68. The first-order valence-electron chi connectivity index (χ1n) is 10.6. The predicted molar refractivity (Wildman–Crippen MR) is 111 cm³/mol. The summed E-state index contributed by atoms with van der Waals surface area (Å²) in [5.74, 6) is -0.772. The van der Waals surface area contributed by atoms with Crippen molar-refractivity contribution in [1.82, 2.24) is 20.0 Å². The Morgan fingerprint density at radius 3 is 2.38 bits per heavy atom. The molecule has 32 heavy (non-hydrogen) atoms. The number of alkyl halides is 3. The summed E-state index contributed by atoms with van der Waals surface area (Å²) in [5, 5.41) is 2.52. The van der Waals surface area contributed by atoms with E-state index in [0.29, 0.717) is 18.8 Å². The zero-order valence-electron chi connectivity index (χ0n) is 18.3. The molecule has 1 aromatic rings. The van der Waals surface area contributed by atoms with E-state index in [1.807, 2.05) is 13.8 Å². The van der Waals surface area contributed by atoms with Gasteiger partial charge in [0.05, 0.1) is 29.4 Å². The zero-order chi connectivity index (χ0) is 23.6. The summed E-state index contributed by atoms with van der Waals surface area (Å²) in [5.41, 5.74) is -0.740. The van der Waals surface area contributed by atoms with Gasteiger partial charge in [-0.05, 0) is 24.5 Å². The molecule has 0 saturated carbocycles. The van der Waals surface area contributed by atoms with Gasteiger partial charge >= 0.3 is 12.2 Å². The minimum atomic E-state index is -4.65. The van der Waals surface area contributed by atoms with Crippen LogP contribution in [0.25, 0.3) is 0 Å². The van der Waals surface area contributed by atoms with Gasteiger partial charge in [0.1, 0.15) is 6.54 Å². The molecule has 1 N–H and O–H groups in total. The van der Waals surface area contributed by atoms with E-state index in [4.69, 9.17) is 0 Å². The van der Waals surface area contributed by atoms with Crippen molar-refractivity contribution in [3.05, 3.63) is 46.7 Å². The number of benzene rings is 1. The molecule has 0 bridgehead atoms. The van der Waals surface area contributed by atoms with Gasteiger partial charge < -0.3 is 15.1 Å². The summed E-state index contributed by atoms with van der Waals surface area (Å²) in [6, 6.07) is 3.02. The molecule has 2 heterocycles. The number of urea groups is 1. The van der Waals surface area contributed by atoms with E-state index in [1.165, 1.54) is 35.0 Å². The summed E-state index contributed by atoms with van der Waals surface area (Å²) >= 11 is 0. The highest BCUT2D eigenvalue weighted by molar-refractivity contribution is 6.03. The topological polar surface area (TPSA) is 73.0 Å². The highest BCUT2D eigenvalue weighted by Crippen LogP contribution is 2.41. The highest BCUT2D eigenvalue weighted by Gasteiger charge is 2.46. The van der Waals surface area contributed by atoms with Crippen molar-refractivity contribution < 1.29 is 27.6 Å². The number of likely N-dealkylation sites (N-methyl/N-ethyl adjacent to an activating group) is 1. The maximum Gasteiger partial charge on any atom is 0.416 e. The van der Waals surface area contributed by atoms with Crippen molar-refractivity contribution in [3.63, 3.8) is 0 Å². The lowest BCUT2D eigenvalue weighted by Crippen LogP contribution is -2.45. The highest BCUT2D eigenvalue weighted by atomic mass is 19.4. The quantitative estimate of drug-likeness (QED) is 0.691. The number of hydrogen-bond acceptors (Lipinski definition) is 3. The van der Waals surface area contributed by atoms with Crippen LogP contribution in [0, 0.1) is 0 Å². The Hall–Kier alpha value is -3.04. The number of carbonyl (C=O) groups is 3. The lowest BCUT2D eigenvalue weighted by atomic mass is 9.92. The SMILES string of the molecule is CCCN(CCC)C(=O)CN1CC2=C(C1=O)C(c1ccccc1C(F)(F)F)NC(=O)N2C. The van der Waals surface area contributed by atoms with Crippen LogP contribution in [0.5, 0.6) is 0 Å². The molecule has 0 aliphatic carbocycles. The second-order valence-corrected chi connectivity index (χ2v) is 7.93. The number of nitrogens with one attached hydrogen (secondary N) is 1. The first-order valence-corrected chi connectivity index (χ1v) is 10.6. The van der Waals surface area contributed by atoms with Crippen LogP contribution in [0.2, 0.25) is 0 Å². The molecule has 2 aliphatic heterocycles. The average Bonchev–Trinajstić information content (AvgIpc) is 3.06.